The van der Waals surface area contributed by atoms with Crippen molar-refractivity contribution in [2.24, 2.45) is 5.10 Å². The molecule has 0 bridgehead atoms. The Labute approximate surface area is 199 Å². The third-order valence-electron chi connectivity index (χ3n) is 5.28. The molecule has 0 unspecified atom stereocenters. The van der Waals surface area contributed by atoms with Crippen LogP contribution in [0.1, 0.15) is 26.5 Å². The van der Waals surface area contributed by atoms with Crippen molar-refractivity contribution in [2.45, 2.75) is 13.5 Å². The number of nitrogens with zero attached hydrogens (tertiary/aromatic N) is 3. The van der Waals surface area contributed by atoms with E-state index >= 15 is 0 Å². The van der Waals surface area contributed by atoms with E-state index in [-0.39, 0.29) is 12.7 Å². The maximum atomic E-state index is 13.2. The van der Waals surface area contributed by atoms with Crippen LogP contribution in [0.3, 0.4) is 0 Å². The second-order valence-electron chi connectivity index (χ2n) is 7.56. The van der Waals surface area contributed by atoms with Crippen LogP contribution < -0.4 is 19.6 Å². The number of aryl methyl sites for hydroxylation is 1. The Balaban J connectivity index is 1.49. The fourth-order valence-corrected chi connectivity index (χ4v) is 5.04. The van der Waals surface area contributed by atoms with Crippen molar-refractivity contribution >= 4 is 33.7 Å². The highest BCUT2D eigenvalue weighted by Gasteiger charge is 2.23. The summed E-state index contributed by atoms with van der Waals surface area (Å²) in [5.74, 6) is 1.32. The van der Waals surface area contributed by atoms with Gasteiger partial charge in [0.25, 0.3) is 5.91 Å². The first-order chi connectivity index (χ1) is 16.6. The molecule has 0 saturated carbocycles. The molecule has 0 atom stereocenters. The number of pyridine rings is 1. The molecule has 34 heavy (non-hydrogen) atoms. The Bertz CT molecular complexity index is 1390. The second-order valence-corrected chi connectivity index (χ2v) is 8.56. The van der Waals surface area contributed by atoms with Gasteiger partial charge in [-0.15, -0.1) is 11.3 Å². The maximum absolute atomic E-state index is 13.2. The van der Waals surface area contributed by atoms with Crippen molar-refractivity contribution in [1.29, 1.82) is 0 Å². The van der Waals surface area contributed by atoms with Crippen LogP contribution >= 0.6 is 11.3 Å². The summed E-state index contributed by atoms with van der Waals surface area (Å²) in [4.78, 5) is 19.2. The normalized spacial score (nSPS) is 12.6. The van der Waals surface area contributed by atoms with Crippen molar-refractivity contribution in [3.05, 3.63) is 64.4 Å². The van der Waals surface area contributed by atoms with Gasteiger partial charge in [-0.1, -0.05) is 0 Å². The molecule has 0 radical (unpaired) electrons. The van der Waals surface area contributed by atoms with Gasteiger partial charge < -0.3 is 23.5 Å². The molecule has 0 fully saturated rings. The van der Waals surface area contributed by atoms with Gasteiger partial charge in [0.05, 0.1) is 25.6 Å². The number of carbonyl (C=O) groups is 1. The summed E-state index contributed by atoms with van der Waals surface area (Å²) < 4.78 is 23.5. The summed E-state index contributed by atoms with van der Waals surface area (Å²) >= 11 is 1.32. The van der Waals surface area contributed by atoms with Gasteiger partial charge in [-0.2, -0.15) is 5.10 Å². The van der Waals surface area contributed by atoms with E-state index in [2.05, 4.69) is 15.5 Å². The number of hydrogen-bond acceptors (Lipinski definition) is 8. The molecule has 174 valence electrons. The van der Waals surface area contributed by atoms with E-state index in [9.17, 15) is 4.79 Å². The predicted molar refractivity (Wildman–Crippen MR) is 129 cm³/mol. The van der Waals surface area contributed by atoms with Gasteiger partial charge in [-0.05, 0) is 42.8 Å². The van der Waals surface area contributed by atoms with E-state index in [0.717, 1.165) is 27.2 Å². The summed E-state index contributed by atoms with van der Waals surface area (Å²) in [5.41, 5.74) is 5.92. The minimum absolute atomic E-state index is 0.135. The molecule has 4 aromatic rings. The summed E-state index contributed by atoms with van der Waals surface area (Å²) in [6.45, 7) is 2.48. The van der Waals surface area contributed by atoms with E-state index < -0.39 is 0 Å². The molecule has 1 amide bonds. The first-order valence-corrected chi connectivity index (χ1v) is 11.3. The first-order valence-electron chi connectivity index (χ1n) is 10.5. The van der Waals surface area contributed by atoms with Crippen LogP contribution in [-0.2, 0) is 11.3 Å². The lowest BCUT2D eigenvalue weighted by atomic mass is 10.1. The summed E-state index contributed by atoms with van der Waals surface area (Å²) in [7, 11) is 3.20. The predicted octanol–water partition coefficient (Wildman–Crippen LogP) is 4.04. The number of nitrogens with one attached hydrogen (secondary N) is 1. The number of ether oxygens (including phenoxy) is 4. The quantitative estimate of drug-likeness (QED) is 0.318. The average Bonchev–Trinajstić information content (AvgIpc) is 3.57. The molecule has 1 aromatic carbocycles. The number of methoxy groups -OCH3 is 2. The van der Waals surface area contributed by atoms with Crippen molar-refractivity contribution in [3.63, 3.8) is 0 Å². The highest BCUT2D eigenvalue weighted by molar-refractivity contribution is 7.21. The van der Waals surface area contributed by atoms with Crippen LogP contribution in [0.2, 0.25) is 0 Å². The van der Waals surface area contributed by atoms with E-state index in [1.807, 2.05) is 42.1 Å². The molecule has 1 aliphatic rings. The molecule has 9 nitrogen and oxygen atoms in total. The molecule has 3 aromatic heterocycles. The van der Waals surface area contributed by atoms with Crippen LogP contribution in [-0.4, -0.2) is 42.7 Å². The Morgan fingerprint density at radius 3 is 2.85 bits per heavy atom. The Morgan fingerprint density at radius 2 is 2.09 bits per heavy atom. The zero-order valence-corrected chi connectivity index (χ0v) is 19.6. The van der Waals surface area contributed by atoms with Gasteiger partial charge in [0.2, 0.25) is 12.5 Å². The van der Waals surface area contributed by atoms with Crippen LogP contribution in [0, 0.1) is 6.92 Å². The van der Waals surface area contributed by atoms with E-state index in [1.165, 1.54) is 17.6 Å². The zero-order chi connectivity index (χ0) is 23.7. The Kier molecular flexibility index (Phi) is 5.91. The van der Waals surface area contributed by atoms with Gasteiger partial charge >= 0.3 is 0 Å². The Morgan fingerprint density at radius 1 is 1.26 bits per heavy atom. The standard InChI is InChI=1S/C24H22N4O5S/c1-14-8-16(12-30-2)19-20(28-6-4-5-7-28)22(34-24(19)26-14)23(29)27-25-11-15-9-17(31-3)21-18(10-15)32-13-33-21/h4-11H,12-13H2,1-3H3,(H,27,29). The molecular formula is C24H22N4O5S. The number of thiophene rings is 1. The SMILES string of the molecule is COCc1cc(C)nc2sc(C(=O)NN=Cc3cc(OC)c4c(c3)OCO4)c(-n3cccc3)c12. The number of fused-ring (bicyclic) bond motifs is 2. The molecule has 0 saturated heterocycles. The summed E-state index contributed by atoms with van der Waals surface area (Å²) in [6.07, 6.45) is 5.33. The van der Waals surface area contributed by atoms with Crippen LogP contribution in [0.15, 0.2) is 47.8 Å². The number of aromatic nitrogens is 2. The van der Waals surface area contributed by atoms with Crippen molar-refractivity contribution in [1.82, 2.24) is 15.0 Å². The lowest BCUT2D eigenvalue weighted by molar-refractivity contribution is 0.0959. The minimum Gasteiger partial charge on any atom is -0.493 e. The maximum Gasteiger partial charge on any atom is 0.283 e. The van der Waals surface area contributed by atoms with Gasteiger partial charge in [0.1, 0.15) is 9.71 Å². The first kappa shape index (κ1) is 21.9. The molecular weight excluding hydrogens is 456 g/mol. The van der Waals surface area contributed by atoms with Crippen molar-refractivity contribution in [2.75, 3.05) is 21.0 Å². The molecule has 4 heterocycles. The fraction of sp³-hybridized carbons (Fsp3) is 0.208. The highest BCUT2D eigenvalue weighted by Crippen LogP contribution is 2.41. The smallest absolute Gasteiger partial charge is 0.283 e. The van der Waals surface area contributed by atoms with Crippen molar-refractivity contribution < 1.29 is 23.7 Å². The second kappa shape index (κ2) is 9.16. The molecule has 1 N–H and O–H groups in total. The van der Waals surface area contributed by atoms with Crippen LogP contribution in [0.5, 0.6) is 17.2 Å². The van der Waals surface area contributed by atoms with E-state index in [4.69, 9.17) is 18.9 Å². The lowest BCUT2D eigenvalue weighted by Gasteiger charge is -2.09. The van der Waals surface area contributed by atoms with Gasteiger partial charge in [-0.3, -0.25) is 4.79 Å². The van der Waals surface area contributed by atoms with Crippen LogP contribution in [0.25, 0.3) is 15.9 Å². The van der Waals surface area contributed by atoms with E-state index in [0.29, 0.717) is 34.3 Å². The highest BCUT2D eigenvalue weighted by atomic mass is 32.1. The third kappa shape index (κ3) is 3.97. The average molecular weight is 479 g/mol. The molecule has 0 aliphatic carbocycles. The third-order valence-corrected chi connectivity index (χ3v) is 6.35. The van der Waals surface area contributed by atoms with Crippen molar-refractivity contribution in [3.8, 4) is 22.9 Å². The van der Waals surface area contributed by atoms with Crippen LogP contribution in [0.4, 0.5) is 0 Å². The number of benzene rings is 1. The van der Waals surface area contributed by atoms with Gasteiger partial charge in [0.15, 0.2) is 11.5 Å². The summed E-state index contributed by atoms with van der Waals surface area (Å²) in [5, 5.41) is 5.06. The lowest BCUT2D eigenvalue weighted by Crippen LogP contribution is -2.18. The number of rotatable bonds is 7. The Hall–Kier alpha value is -3.89. The van der Waals surface area contributed by atoms with Gasteiger partial charge in [-0.25, -0.2) is 10.4 Å². The van der Waals surface area contributed by atoms with E-state index in [1.54, 1.807) is 26.4 Å². The molecule has 10 heteroatoms. The zero-order valence-electron chi connectivity index (χ0n) is 18.8. The monoisotopic (exact) mass is 478 g/mol. The molecule has 5 rings (SSSR count). The molecule has 0 spiro atoms. The number of hydrazone groups is 1. The fourth-order valence-electron chi connectivity index (χ4n) is 3.89. The topological polar surface area (TPSA) is 96.2 Å². The summed E-state index contributed by atoms with van der Waals surface area (Å²) in [6, 6.07) is 9.34. The molecule has 1 aliphatic heterocycles. The number of hydrogen-bond donors (Lipinski definition) is 1. The van der Waals surface area contributed by atoms with Gasteiger partial charge in [0, 0.05) is 36.1 Å². The largest absolute Gasteiger partial charge is 0.493 e. The number of carbonyl (C=O) groups excluding carboxylic acids is 1. The minimum atomic E-state index is -0.336. The number of amides is 1.